The number of likely N-dealkylation sites (tertiary alicyclic amines) is 1. The van der Waals surface area contributed by atoms with Gasteiger partial charge in [0.15, 0.2) is 5.82 Å². The van der Waals surface area contributed by atoms with Crippen LogP contribution in [-0.4, -0.2) is 44.0 Å². The van der Waals surface area contributed by atoms with Crippen molar-refractivity contribution in [3.05, 3.63) is 16.7 Å². The molecule has 0 saturated carbocycles. The smallest absolute Gasteiger partial charge is 0.244 e. The van der Waals surface area contributed by atoms with Crippen molar-refractivity contribution in [1.82, 2.24) is 14.6 Å². The molecule has 1 atom stereocenters. The van der Waals surface area contributed by atoms with Crippen molar-refractivity contribution >= 4 is 31.8 Å². The van der Waals surface area contributed by atoms with E-state index in [0.717, 1.165) is 13.1 Å². The van der Waals surface area contributed by atoms with Crippen molar-refractivity contribution in [2.75, 3.05) is 25.1 Å². The number of pyridine rings is 1. The molecule has 1 aliphatic rings. The molecule has 2 rings (SSSR count). The third kappa shape index (κ3) is 4.36. The summed E-state index contributed by atoms with van der Waals surface area (Å²) in [6.07, 6.45) is 3.84. The first-order chi connectivity index (χ1) is 9.92. The van der Waals surface area contributed by atoms with Gasteiger partial charge < -0.3 is 10.3 Å². The minimum absolute atomic E-state index is 0.0349. The average molecular weight is 378 g/mol. The molecule has 1 fully saturated rings. The van der Waals surface area contributed by atoms with Crippen LogP contribution in [0.25, 0.3) is 0 Å². The van der Waals surface area contributed by atoms with Crippen LogP contribution >= 0.6 is 15.9 Å². The van der Waals surface area contributed by atoms with Gasteiger partial charge in [-0.05, 0) is 54.9 Å². The highest BCUT2D eigenvalue weighted by atomic mass is 79.9. The van der Waals surface area contributed by atoms with E-state index in [9.17, 15) is 8.42 Å². The lowest BCUT2D eigenvalue weighted by Gasteiger charge is -2.21. The van der Waals surface area contributed by atoms with Gasteiger partial charge in [0.2, 0.25) is 10.0 Å². The highest BCUT2D eigenvalue weighted by Gasteiger charge is 2.24. The molecular formula is C12H20BrN5O2S. The van der Waals surface area contributed by atoms with E-state index in [2.05, 4.69) is 36.0 Å². The van der Waals surface area contributed by atoms with Gasteiger partial charge in [-0.15, -0.1) is 0 Å². The minimum Gasteiger partial charge on any atom is -0.307 e. The highest BCUT2D eigenvalue weighted by molar-refractivity contribution is 9.10. The first-order valence-corrected chi connectivity index (χ1v) is 9.07. The fourth-order valence-electron chi connectivity index (χ4n) is 2.45. The largest absolute Gasteiger partial charge is 0.307 e. The van der Waals surface area contributed by atoms with Crippen molar-refractivity contribution in [3.8, 4) is 0 Å². The van der Waals surface area contributed by atoms with Gasteiger partial charge in [0.25, 0.3) is 0 Å². The Morgan fingerprint density at radius 1 is 1.48 bits per heavy atom. The van der Waals surface area contributed by atoms with E-state index < -0.39 is 10.0 Å². The fraction of sp³-hybridized carbons (Fsp3) is 0.583. The normalized spacial score (nSPS) is 17.9. The molecule has 1 unspecified atom stereocenters. The number of aromatic nitrogens is 1. The maximum atomic E-state index is 12.5. The number of hydrogen-bond acceptors (Lipinski definition) is 6. The third-order valence-corrected chi connectivity index (χ3v) is 5.37. The predicted octanol–water partition coefficient (Wildman–Crippen LogP) is 0.892. The Bertz CT molecular complexity index is 589. The van der Waals surface area contributed by atoms with E-state index in [1.807, 2.05) is 6.92 Å². The van der Waals surface area contributed by atoms with E-state index in [4.69, 9.17) is 5.84 Å². The predicted molar refractivity (Wildman–Crippen MR) is 85.2 cm³/mol. The molecule has 0 aromatic carbocycles. The molecule has 1 aliphatic heterocycles. The molecule has 9 heteroatoms. The molecule has 0 bridgehead atoms. The summed E-state index contributed by atoms with van der Waals surface area (Å²) in [4.78, 5) is 6.25. The number of nitrogen functional groups attached to an aromatic ring is 1. The fourth-order valence-corrected chi connectivity index (χ4v) is 4.31. The number of hydrazine groups is 1. The van der Waals surface area contributed by atoms with Gasteiger partial charge >= 0.3 is 0 Å². The standard InChI is InChI=1S/C12H20BrN5O2S/c1-9(8-18-4-2-3-5-18)17-21(19,20)11-6-10(13)7-15-12(11)16-14/h6-7,9,17H,2-5,8,14H2,1H3,(H,15,16). The molecule has 4 N–H and O–H groups in total. The van der Waals surface area contributed by atoms with Gasteiger partial charge in [-0.25, -0.2) is 24.0 Å². The van der Waals surface area contributed by atoms with Gasteiger partial charge in [-0.1, -0.05) is 0 Å². The van der Waals surface area contributed by atoms with Gasteiger partial charge in [-0.2, -0.15) is 0 Å². The second-order valence-electron chi connectivity index (χ2n) is 5.17. The Morgan fingerprint density at radius 3 is 2.76 bits per heavy atom. The number of halogens is 1. The summed E-state index contributed by atoms with van der Waals surface area (Å²) in [6, 6.07) is 1.30. The molecule has 0 radical (unpaired) electrons. The number of nitrogens with two attached hydrogens (primary N) is 1. The molecular weight excluding hydrogens is 358 g/mol. The average Bonchev–Trinajstić information content (AvgIpc) is 2.90. The van der Waals surface area contributed by atoms with Crippen LogP contribution < -0.4 is 16.0 Å². The lowest BCUT2D eigenvalue weighted by atomic mass is 10.3. The second kappa shape index (κ2) is 7.01. The van der Waals surface area contributed by atoms with Crippen molar-refractivity contribution in [2.45, 2.75) is 30.7 Å². The molecule has 1 aromatic rings. The van der Waals surface area contributed by atoms with Gasteiger partial charge in [-0.3, -0.25) is 0 Å². The van der Waals surface area contributed by atoms with E-state index in [1.165, 1.54) is 25.1 Å². The molecule has 0 amide bonds. The van der Waals surface area contributed by atoms with Crippen LogP contribution in [0.2, 0.25) is 0 Å². The minimum atomic E-state index is -3.68. The lowest BCUT2D eigenvalue weighted by molar-refractivity contribution is 0.313. The summed E-state index contributed by atoms with van der Waals surface area (Å²) in [5.41, 5.74) is 2.31. The van der Waals surface area contributed by atoms with Crippen molar-refractivity contribution in [3.63, 3.8) is 0 Å². The number of hydrogen-bond donors (Lipinski definition) is 3. The lowest BCUT2D eigenvalue weighted by Crippen LogP contribution is -2.41. The van der Waals surface area contributed by atoms with Crippen molar-refractivity contribution in [2.24, 2.45) is 5.84 Å². The zero-order valence-corrected chi connectivity index (χ0v) is 14.2. The first kappa shape index (κ1) is 16.6. The molecule has 7 nitrogen and oxygen atoms in total. The Balaban J connectivity index is 2.12. The molecule has 21 heavy (non-hydrogen) atoms. The number of rotatable bonds is 6. The highest BCUT2D eigenvalue weighted by Crippen LogP contribution is 2.22. The second-order valence-corrected chi connectivity index (χ2v) is 7.77. The Kier molecular flexibility index (Phi) is 5.55. The van der Waals surface area contributed by atoms with Crippen LogP contribution in [-0.2, 0) is 10.0 Å². The maximum Gasteiger partial charge on any atom is 0.244 e. The van der Waals surface area contributed by atoms with Crippen LogP contribution in [0.1, 0.15) is 19.8 Å². The molecule has 118 valence electrons. The molecule has 0 spiro atoms. The topological polar surface area (TPSA) is 100 Å². The maximum absolute atomic E-state index is 12.5. The van der Waals surface area contributed by atoms with Crippen molar-refractivity contribution in [1.29, 1.82) is 0 Å². The van der Waals surface area contributed by atoms with Gasteiger partial charge in [0, 0.05) is 23.3 Å². The summed E-state index contributed by atoms with van der Waals surface area (Å²) in [6.45, 7) is 4.61. The van der Waals surface area contributed by atoms with Crippen LogP contribution in [0.3, 0.4) is 0 Å². The molecule has 1 saturated heterocycles. The number of sulfonamides is 1. The van der Waals surface area contributed by atoms with Crippen LogP contribution in [0.15, 0.2) is 21.6 Å². The Labute approximate surface area is 133 Å². The van der Waals surface area contributed by atoms with Crippen LogP contribution in [0, 0.1) is 0 Å². The monoisotopic (exact) mass is 377 g/mol. The quantitative estimate of drug-likeness (QED) is 0.502. The number of nitrogens with zero attached hydrogens (tertiary/aromatic N) is 2. The summed E-state index contributed by atoms with van der Waals surface area (Å²) in [7, 11) is -3.68. The Morgan fingerprint density at radius 2 is 2.14 bits per heavy atom. The molecule has 2 heterocycles. The zero-order chi connectivity index (χ0) is 15.5. The summed E-state index contributed by atoms with van der Waals surface area (Å²) in [5, 5.41) is 0. The van der Waals surface area contributed by atoms with Gasteiger partial charge in [0.1, 0.15) is 4.90 Å². The Hall–Kier alpha value is -0.740. The number of nitrogens with one attached hydrogen (secondary N) is 2. The van der Waals surface area contributed by atoms with E-state index in [-0.39, 0.29) is 16.8 Å². The zero-order valence-electron chi connectivity index (χ0n) is 11.8. The van der Waals surface area contributed by atoms with E-state index in [0.29, 0.717) is 11.0 Å². The summed E-state index contributed by atoms with van der Waals surface area (Å²) >= 11 is 3.22. The summed E-state index contributed by atoms with van der Waals surface area (Å²) in [5.74, 6) is 5.46. The van der Waals surface area contributed by atoms with Crippen LogP contribution in [0.5, 0.6) is 0 Å². The SMILES string of the molecule is CC(CN1CCCC1)NS(=O)(=O)c1cc(Br)cnc1NN. The van der Waals surface area contributed by atoms with E-state index >= 15 is 0 Å². The first-order valence-electron chi connectivity index (χ1n) is 6.79. The van der Waals surface area contributed by atoms with Crippen LogP contribution in [0.4, 0.5) is 5.82 Å². The van der Waals surface area contributed by atoms with Gasteiger partial charge in [0.05, 0.1) is 0 Å². The third-order valence-electron chi connectivity index (χ3n) is 3.33. The molecule has 0 aliphatic carbocycles. The summed E-state index contributed by atoms with van der Waals surface area (Å²) < 4.78 is 28.2. The van der Waals surface area contributed by atoms with Crippen molar-refractivity contribution < 1.29 is 8.42 Å². The van der Waals surface area contributed by atoms with E-state index in [1.54, 1.807) is 0 Å². The molecule has 1 aromatic heterocycles. The number of anilines is 1.